The number of carbonyl (C=O) groups excluding carboxylic acids is 1. The zero-order valence-corrected chi connectivity index (χ0v) is 23.0. The third kappa shape index (κ3) is 8.58. The number of aromatic nitrogens is 2. The number of amides is 2. The number of halogens is 2. The molecule has 1 heterocycles. The molecule has 0 aliphatic carbocycles. The molecule has 0 aliphatic rings. The van der Waals surface area contributed by atoms with Crippen LogP contribution in [0.4, 0.5) is 22.2 Å². The van der Waals surface area contributed by atoms with E-state index in [-0.39, 0.29) is 24.2 Å². The predicted octanol–water partition coefficient (Wildman–Crippen LogP) is 6.06. The number of rotatable bonds is 13. The van der Waals surface area contributed by atoms with Gasteiger partial charge in [-0.2, -0.15) is 4.98 Å². The van der Waals surface area contributed by atoms with Gasteiger partial charge in [0, 0.05) is 34.0 Å². The van der Waals surface area contributed by atoms with Crippen molar-refractivity contribution in [2.24, 2.45) is 0 Å². The Morgan fingerprint density at radius 2 is 1.82 bits per heavy atom. The van der Waals surface area contributed by atoms with Gasteiger partial charge in [0.05, 0.1) is 6.54 Å². The van der Waals surface area contributed by atoms with Crippen molar-refractivity contribution in [2.75, 3.05) is 36.4 Å². The summed E-state index contributed by atoms with van der Waals surface area (Å²) in [4.78, 5) is 36.6. The molecule has 3 aromatic rings. The molecule has 0 saturated carbocycles. The summed E-state index contributed by atoms with van der Waals surface area (Å²) in [5.74, 6) is 0.172. The minimum Gasteiger partial charge on any atom is -0.465 e. The largest absolute Gasteiger partial charge is 0.465 e. The maximum Gasteiger partial charge on any atom is 0.413 e. The lowest BCUT2D eigenvalue weighted by atomic mass is 10.2. The summed E-state index contributed by atoms with van der Waals surface area (Å²) in [5.41, 5.74) is 1.63. The van der Waals surface area contributed by atoms with Gasteiger partial charge in [-0.1, -0.05) is 43.1 Å². The van der Waals surface area contributed by atoms with Gasteiger partial charge in [-0.15, -0.1) is 0 Å². The smallest absolute Gasteiger partial charge is 0.413 e. The highest BCUT2D eigenvalue weighted by Crippen LogP contribution is 2.25. The van der Waals surface area contributed by atoms with Gasteiger partial charge in [-0.05, 0) is 80.5 Å². The molecule has 0 unspecified atom stereocenters. The average Bonchev–Trinajstić information content (AvgIpc) is 2.91. The second-order valence-corrected chi connectivity index (χ2v) is 9.38. The zero-order chi connectivity index (χ0) is 27.5. The fraction of sp³-hybridized carbons (Fsp3) is 0.333. The first-order valence-corrected chi connectivity index (χ1v) is 13.2. The second kappa shape index (κ2) is 14.5. The van der Waals surface area contributed by atoms with Crippen LogP contribution in [0.15, 0.2) is 54.7 Å². The molecular formula is C27H32Cl2N6O3. The molecule has 202 valence electrons. The van der Waals surface area contributed by atoms with Gasteiger partial charge in [0.25, 0.3) is 5.91 Å². The van der Waals surface area contributed by atoms with Crippen molar-refractivity contribution in [1.29, 1.82) is 0 Å². The Kier molecular flexibility index (Phi) is 11.1. The topological polar surface area (TPSA) is 111 Å². The Morgan fingerprint density at radius 1 is 1.03 bits per heavy atom. The van der Waals surface area contributed by atoms with Crippen molar-refractivity contribution in [3.8, 4) is 0 Å². The van der Waals surface area contributed by atoms with E-state index in [0.29, 0.717) is 33.4 Å². The van der Waals surface area contributed by atoms with E-state index in [1.54, 1.807) is 42.5 Å². The van der Waals surface area contributed by atoms with Crippen molar-refractivity contribution >= 4 is 52.7 Å². The number of carboxylic acid groups (broad SMARTS) is 1. The van der Waals surface area contributed by atoms with Crippen molar-refractivity contribution in [3.63, 3.8) is 0 Å². The van der Waals surface area contributed by atoms with Gasteiger partial charge in [-0.25, -0.2) is 9.78 Å². The van der Waals surface area contributed by atoms with Crippen LogP contribution in [0.1, 0.15) is 42.6 Å². The summed E-state index contributed by atoms with van der Waals surface area (Å²) < 4.78 is 0. The lowest BCUT2D eigenvalue weighted by molar-refractivity contribution is 0.0952. The summed E-state index contributed by atoms with van der Waals surface area (Å²) >= 11 is 12.3. The average molecular weight is 559 g/mol. The maximum absolute atomic E-state index is 12.6. The van der Waals surface area contributed by atoms with Gasteiger partial charge >= 0.3 is 6.09 Å². The second-order valence-electron chi connectivity index (χ2n) is 8.54. The first-order valence-electron chi connectivity index (χ1n) is 12.5. The molecule has 0 atom stereocenters. The monoisotopic (exact) mass is 558 g/mol. The standard InChI is InChI=1S/C27H32Cl2N6O3/c1-3-34(4-2)15-6-5-13-30-25(36)19-8-7-9-22(17-19)32-26-31-14-12-24(33-26)35(27(37)38)18-20-16-21(28)10-11-23(20)29/h7-12,14,16-17H,3-6,13,15,18H2,1-2H3,(H,30,36)(H,37,38)(H,31,32,33). The van der Waals surface area contributed by atoms with Crippen LogP contribution >= 0.6 is 23.2 Å². The molecule has 3 rings (SSSR count). The molecule has 2 aromatic carbocycles. The normalized spacial score (nSPS) is 10.9. The fourth-order valence-electron chi connectivity index (χ4n) is 3.81. The highest BCUT2D eigenvalue weighted by atomic mass is 35.5. The number of unbranched alkanes of at least 4 members (excludes halogenated alkanes) is 1. The lowest BCUT2D eigenvalue weighted by Crippen LogP contribution is -2.29. The van der Waals surface area contributed by atoms with E-state index in [2.05, 4.69) is 39.3 Å². The van der Waals surface area contributed by atoms with E-state index in [0.717, 1.165) is 37.4 Å². The molecule has 0 radical (unpaired) electrons. The molecule has 0 saturated heterocycles. The number of nitrogens with one attached hydrogen (secondary N) is 2. The van der Waals surface area contributed by atoms with E-state index in [1.807, 2.05) is 0 Å². The van der Waals surface area contributed by atoms with E-state index in [4.69, 9.17) is 23.2 Å². The fourth-order valence-corrected chi connectivity index (χ4v) is 4.18. The highest BCUT2D eigenvalue weighted by Gasteiger charge is 2.19. The van der Waals surface area contributed by atoms with Crippen LogP contribution < -0.4 is 15.5 Å². The zero-order valence-electron chi connectivity index (χ0n) is 21.5. The predicted molar refractivity (Wildman–Crippen MR) is 152 cm³/mol. The lowest BCUT2D eigenvalue weighted by Gasteiger charge is -2.19. The first-order chi connectivity index (χ1) is 18.3. The van der Waals surface area contributed by atoms with Gasteiger partial charge < -0.3 is 20.6 Å². The van der Waals surface area contributed by atoms with Crippen LogP contribution in [-0.4, -0.2) is 58.2 Å². The molecule has 0 bridgehead atoms. The SMILES string of the molecule is CCN(CC)CCCCNC(=O)c1cccc(Nc2nccc(N(Cc3cc(Cl)ccc3Cl)C(=O)O)n2)c1. The maximum atomic E-state index is 12.6. The molecule has 1 aromatic heterocycles. The third-order valence-corrected chi connectivity index (χ3v) is 6.55. The number of anilines is 3. The van der Waals surface area contributed by atoms with Crippen molar-refractivity contribution in [1.82, 2.24) is 20.2 Å². The van der Waals surface area contributed by atoms with Gasteiger partial charge in [0.1, 0.15) is 5.82 Å². The summed E-state index contributed by atoms with van der Waals surface area (Å²) in [7, 11) is 0. The van der Waals surface area contributed by atoms with E-state index in [1.165, 1.54) is 12.3 Å². The van der Waals surface area contributed by atoms with E-state index in [9.17, 15) is 14.7 Å². The molecule has 0 spiro atoms. The molecule has 11 heteroatoms. The Labute approximate surface area is 232 Å². The van der Waals surface area contributed by atoms with Crippen LogP contribution in [0.5, 0.6) is 0 Å². The first kappa shape index (κ1) is 29.2. The van der Waals surface area contributed by atoms with Gasteiger partial charge in [-0.3, -0.25) is 9.69 Å². The summed E-state index contributed by atoms with van der Waals surface area (Å²) in [6.07, 6.45) is 2.17. The summed E-state index contributed by atoms with van der Waals surface area (Å²) in [5, 5.41) is 16.7. The Hall–Kier alpha value is -3.40. The Balaban J connectivity index is 1.64. The third-order valence-electron chi connectivity index (χ3n) is 5.95. The molecule has 9 nitrogen and oxygen atoms in total. The van der Waals surface area contributed by atoms with Gasteiger partial charge in [0.2, 0.25) is 5.95 Å². The molecule has 0 aliphatic heterocycles. The van der Waals surface area contributed by atoms with Crippen molar-refractivity contribution in [3.05, 3.63) is 75.9 Å². The minimum absolute atomic E-state index is 0.0459. The van der Waals surface area contributed by atoms with Crippen LogP contribution in [0, 0.1) is 0 Å². The molecule has 38 heavy (non-hydrogen) atoms. The van der Waals surface area contributed by atoms with E-state index < -0.39 is 6.09 Å². The van der Waals surface area contributed by atoms with E-state index >= 15 is 0 Å². The molecule has 0 fully saturated rings. The molecule has 2 amide bonds. The molecular weight excluding hydrogens is 527 g/mol. The Morgan fingerprint density at radius 3 is 2.55 bits per heavy atom. The number of carbonyl (C=O) groups is 2. The quantitative estimate of drug-likeness (QED) is 0.218. The highest BCUT2D eigenvalue weighted by molar-refractivity contribution is 6.33. The van der Waals surface area contributed by atoms with Crippen LogP contribution in [0.3, 0.4) is 0 Å². The summed E-state index contributed by atoms with van der Waals surface area (Å²) in [6, 6.07) is 13.3. The number of nitrogens with zero attached hydrogens (tertiary/aromatic N) is 4. The Bertz CT molecular complexity index is 1240. The number of hydrogen-bond acceptors (Lipinski definition) is 6. The van der Waals surface area contributed by atoms with Crippen LogP contribution in [0.25, 0.3) is 0 Å². The minimum atomic E-state index is -1.21. The number of hydrogen-bond donors (Lipinski definition) is 3. The van der Waals surface area contributed by atoms with Crippen molar-refractivity contribution in [2.45, 2.75) is 33.2 Å². The van der Waals surface area contributed by atoms with Gasteiger partial charge in [0.15, 0.2) is 0 Å². The summed E-state index contributed by atoms with van der Waals surface area (Å²) in [6.45, 7) is 7.92. The van der Waals surface area contributed by atoms with Crippen LogP contribution in [-0.2, 0) is 6.54 Å². The number of benzene rings is 2. The molecule has 3 N–H and O–H groups in total. The van der Waals surface area contributed by atoms with Crippen LogP contribution in [0.2, 0.25) is 10.0 Å². The van der Waals surface area contributed by atoms with Crippen molar-refractivity contribution < 1.29 is 14.7 Å².